The molecule has 4 aliphatic rings. The van der Waals surface area contributed by atoms with Gasteiger partial charge in [-0.2, -0.15) is 0 Å². The van der Waals surface area contributed by atoms with Gasteiger partial charge in [0.1, 0.15) is 0 Å². The Bertz CT molecular complexity index is 557. The fraction of sp³-hybridized carbons (Fsp3) is 1.00. The second kappa shape index (κ2) is 6.71. The van der Waals surface area contributed by atoms with Crippen molar-refractivity contribution in [3.05, 3.63) is 0 Å². The lowest BCUT2D eigenvalue weighted by Gasteiger charge is -2.61. The summed E-state index contributed by atoms with van der Waals surface area (Å²) in [4.78, 5) is 0. The summed E-state index contributed by atoms with van der Waals surface area (Å²) in [5, 5.41) is 25.2. The molecule has 4 aliphatic carbocycles. The lowest BCUT2D eigenvalue weighted by molar-refractivity contribution is -0.141. The average Bonchev–Trinajstić information content (AvgIpc) is 2.88. The fourth-order valence-corrected chi connectivity index (χ4v) is 7.92. The van der Waals surface area contributed by atoms with E-state index in [0.29, 0.717) is 11.3 Å². The Morgan fingerprint density at radius 2 is 1.63 bits per heavy atom. The second-order valence-corrected chi connectivity index (χ2v) is 12.3. The Balaban J connectivity index is 1.54. The van der Waals surface area contributed by atoms with E-state index < -0.39 is 0 Å². The molecule has 0 bridgehead atoms. The van der Waals surface area contributed by atoms with Gasteiger partial charge in [-0.05, 0) is 91.3 Å². The summed E-state index contributed by atoms with van der Waals surface area (Å²) in [5.74, 6) is 2.97. The van der Waals surface area contributed by atoms with Crippen LogP contribution in [-0.2, 0) is 0 Å². The molecule has 3 nitrogen and oxygen atoms in total. The minimum Gasteiger partial charge on any atom is -0.393 e. The molecule has 0 aliphatic heterocycles. The smallest absolute Gasteiger partial charge is 0.0696 e. The van der Waals surface area contributed by atoms with Crippen molar-refractivity contribution in [3.8, 4) is 0 Å². The maximum Gasteiger partial charge on any atom is 0.0696 e. The molecule has 3 heteroatoms. The second-order valence-electron chi connectivity index (χ2n) is 12.3. The number of hydrogen-bond donors (Lipinski definition) is 3. The first-order valence-corrected chi connectivity index (χ1v) is 11.6. The molecule has 27 heavy (non-hydrogen) atoms. The third-order valence-electron chi connectivity index (χ3n) is 9.56. The summed E-state index contributed by atoms with van der Waals surface area (Å²) in [5.41, 5.74) is 0.772. The third-order valence-corrected chi connectivity index (χ3v) is 9.56. The van der Waals surface area contributed by atoms with Crippen LogP contribution in [0.15, 0.2) is 0 Å². The van der Waals surface area contributed by atoms with Crippen LogP contribution in [0.1, 0.15) is 86.0 Å². The van der Waals surface area contributed by atoms with Crippen LogP contribution in [-0.4, -0.2) is 35.0 Å². The number of rotatable bonds is 2. The van der Waals surface area contributed by atoms with Crippen molar-refractivity contribution < 1.29 is 10.2 Å². The molecule has 0 unspecified atom stereocenters. The van der Waals surface area contributed by atoms with Gasteiger partial charge in [-0.25, -0.2) is 0 Å². The van der Waals surface area contributed by atoms with Crippen LogP contribution >= 0.6 is 0 Å². The maximum absolute atomic E-state index is 10.8. The Labute approximate surface area is 166 Å². The van der Waals surface area contributed by atoms with Crippen molar-refractivity contribution >= 4 is 0 Å². The highest BCUT2D eigenvalue weighted by Gasteiger charge is 2.60. The van der Waals surface area contributed by atoms with Crippen molar-refractivity contribution in [2.24, 2.45) is 39.9 Å². The SMILES string of the molecule is CC(C)(C)CN[C@H]1C[C@@]2(C)[C@@H](CC[C@@H]3[C@@H]2CC[C@]2(C)[C@@H](O)CC[C@@H]32)C[C@@H]1O. The Morgan fingerprint density at radius 3 is 2.33 bits per heavy atom. The molecule has 4 fully saturated rings. The molecule has 3 N–H and O–H groups in total. The largest absolute Gasteiger partial charge is 0.393 e. The molecule has 0 aromatic rings. The summed E-state index contributed by atoms with van der Waals surface area (Å²) in [7, 11) is 0. The fourth-order valence-electron chi connectivity index (χ4n) is 7.92. The van der Waals surface area contributed by atoms with Crippen molar-refractivity contribution in [2.75, 3.05) is 6.54 Å². The molecule has 4 rings (SSSR count). The Kier molecular flexibility index (Phi) is 5.01. The highest BCUT2D eigenvalue weighted by Crippen LogP contribution is 2.66. The van der Waals surface area contributed by atoms with Crippen molar-refractivity contribution in [2.45, 2.75) is 104 Å². The number of aliphatic hydroxyl groups excluding tert-OH is 2. The molecule has 9 atom stereocenters. The molecule has 4 saturated carbocycles. The van der Waals surface area contributed by atoms with Crippen LogP contribution in [0.3, 0.4) is 0 Å². The first-order chi connectivity index (χ1) is 12.5. The minimum absolute atomic E-state index is 0.0802. The summed E-state index contributed by atoms with van der Waals surface area (Å²) < 4.78 is 0. The molecule has 0 aromatic carbocycles. The van der Waals surface area contributed by atoms with Crippen LogP contribution in [0.4, 0.5) is 0 Å². The van der Waals surface area contributed by atoms with Gasteiger partial charge in [0, 0.05) is 12.6 Å². The van der Waals surface area contributed by atoms with E-state index in [9.17, 15) is 10.2 Å². The Morgan fingerprint density at radius 1 is 0.926 bits per heavy atom. The van der Waals surface area contributed by atoms with E-state index in [1.807, 2.05) is 0 Å². The molecule has 0 saturated heterocycles. The molecule has 0 radical (unpaired) electrons. The zero-order valence-corrected chi connectivity index (χ0v) is 18.3. The van der Waals surface area contributed by atoms with E-state index in [1.165, 1.54) is 32.1 Å². The molecule has 156 valence electrons. The minimum atomic E-state index is -0.191. The van der Waals surface area contributed by atoms with Gasteiger partial charge in [0.2, 0.25) is 0 Å². The molecule has 0 spiro atoms. The van der Waals surface area contributed by atoms with Gasteiger partial charge in [0.25, 0.3) is 0 Å². The molecular weight excluding hydrogens is 334 g/mol. The van der Waals surface area contributed by atoms with Gasteiger partial charge < -0.3 is 15.5 Å². The molecule has 0 amide bonds. The van der Waals surface area contributed by atoms with E-state index in [4.69, 9.17) is 0 Å². The van der Waals surface area contributed by atoms with Gasteiger partial charge in [-0.1, -0.05) is 34.6 Å². The summed E-state index contributed by atoms with van der Waals surface area (Å²) in [6.45, 7) is 12.7. The van der Waals surface area contributed by atoms with E-state index in [0.717, 1.165) is 43.6 Å². The van der Waals surface area contributed by atoms with Gasteiger partial charge in [0.15, 0.2) is 0 Å². The molecule has 0 aromatic heterocycles. The van der Waals surface area contributed by atoms with Crippen LogP contribution < -0.4 is 5.32 Å². The topological polar surface area (TPSA) is 52.5 Å². The van der Waals surface area contributed by atoms with E-state index in [-0.39, 0.29) is 29.1 Å². The first-order valence-electron chi connectivity index (χ1n) is 11.6. The van der Waals surface area contributed by atoms with Crippen LogP contribution in [0.25, 0.3) is 0 Å². The van der Waals surface area contributed by atoms with Gasteiger partial charge in [-0.15, -0.1) is 0 Å². The van der Waals surface area contributed by atoms with E-state index >= 15 is 0 Å². The molecular formula is C24H43NO2. The maximum atomic E-state index is 10.8. The van der Waals surface area contributed by atoms with Gasteiger partial charge in [-0.3, -0.25) is 0 Å². The summed E-state index contributed by atoms with van der Waals surface area (Å²) in [6, 6.07) is 0.242. The summed E-state index contributed by atoms with van der Waals surface area (Å²) >= 11 is 0. The zero-order valence-electron chi connectivity index (χ0n) is 18.3. The summed E-state index contributed by atoms with van der Waals surface area (Å²) in [6.07, 6.45) is 9.16. The van der Waals surface area contributed by atoms with Crippen molar-refractivity contribution in [1.29, 1.82) is 0 Å². The van der Waals surface area contributed by atoms with Crippen molar-refractivity contribution in [1.82, 2.24) is 5.32 Å². The average molecular weight is 378 g/mol. The zero-order chi connectivity index (χ0) is 19.6. The number of hydrogen-bond acceptors (Lipinski definition) is 3. The predicted octanol–water partition coefficient (Wildman–Crippen LogP) is 4.37. The monoisotopic (exact) mass is 377 g/mol. The Hall–Kier alpha value is -0.120. The highest BCUT2D eigenvalue weighted by atomic mass is 16.3. The quantitative estimate of drug-likeness (QED) is 0.670. The predicted molar refractivity (Wildman–Crippen MR) is 110 cm³/mol. The molecule has 0 heterocycles. The van der Waals surface area contributed by atoms with Gasteiger partial charge in [0.05, 0.1) is 12.2 Å². The van der Waals surface area contributed by atoms with Crippen LogP contribution in [0, 0.1) is 39.9 Å². The van der Waals surface area contributed by atoms with Crippen LogP contribution in [0.2, 0.25) is 0 Å². The van der Waals surface area contributed by atoms with Gasteiger partial charge >= 0.3 is 0 Å². The standard InChI is InChI=1S/C24H43NO2/c1-22(2,3)14-25-19-13-24(5)15(12-20(19)26)6-7-16-17-8-9-21(27)23(17,4)11-10-18(16)24/h15-21,25-27H,6-14H2,1-5H3/t15-,16-,17-,18-,19-,20-,21-,23-,24-/m0/s1. The number of fused-ring (bicyclic) bond motifs is 5. The lowest BCUT2D eigenvalue weighted by atomic mass is 9.44. The van der Waals surface area contributed by atoms with E-state index in [1.54, 1.807) is 0 Å². The highest BCUT2D eigenvalue weighted by molar-refractivity contribution is 5.11. The number of nitrogens with one attached hydrogen (secondary N) is 1. The van der Waals surface area contributed by atoms with Crippen molar-refractivity contribution in [3.63, 3.8) is 0 Å². The lowest BCUT2D eigenvalue weighted by Crippen LogP contribution is -2.59. The third kappa shape index (κ3) is 3.30. The normalized spacial score (nSPS) is 52.8. The van der Waals surface area contributed by atoms with E-state index in [2.05, 4.69) is 39.9 Å². The number of aliphatic hydroxyl groups is 2. The first kappa shape index (κ1) is 20.2. The van der Waals surface area contributed by atoms with Crippen LogP contribution in [0.5, 0.6) is 0 Å².